The van der Waals surface area contributed by atoms with Crippen molar-refractivity contribution in [2.75, 3.05) is 6.16 Å². The highest BCUT2D eigenvalue weighted by atomic mass is 31.2. The normalized spacial score (nSPS) is 11.4. The third-order valence-electron chi connectivity index (χ3n) is 6.04. The third-order valence-corrected chi connectivity index (χ3v) is 10.3. The minimum absolute atomic E-state index is 0.181. The molecule has 0 bridgehead atoms. The lowest BCUT2D eigenvalue weighted by molar-refractivity contribution is 0.102. The van der Waals surface area contributed by atoms with Crippen LogP contribution in [0.5, 0.6) is 0 Å². The molecule has 0 fully saturated rings. The number of fused-ring (bicyclic) bond motifs is 1. The zero-order valence-corrected chi connectivity index (χ0v) is 18.7. The summed E-state index contributed by atoms with van der Waals surface area (Å²) in [4.78, 5) is 13.9. The zero-order chi connectivity index (χ0) is 21.8. The van der Waals surface area contributed by atoms with Crippen molar-refractivity contribution in [2.45, 2.75) is 0 Å². The molecule has 0 saturated carbocycles. The van der Waals surface area contributed by atoms with E-state index in [0.717, 1.165) is 16.3 Å². The van der Waals surface area contributed by atoms with Crippen LogP contribution in [0.1, 0.15) is 10.4 Å². The van der Waals surface area contributed by atoms with Crippen LogP contribution in [0, 0.1) is 0 Å². The molecule has 0 N–H and O–H groups in total. The van der Waals surface area contributed by atoms with Gasteiger partial charge in [-0.25, -0.2) is 0 Å². The van der Waals surface area contributed by atoms with Crippen molar-refractivity contribution >= 4 is 39.7 Å². The summed E-state index contributed by atoms with van der Waals surface area (Å²) in [6.07, 6.45) is 0.462. The predicted octanol–water partition coefficient (Wildman–Crippen LogP) is 6.02. The van der Waals surface area contributed by atoms with Gasteiger partial charge in [0.1, 0.15) is 29.3 Å². The number of rotatable bonds is 6. The second kappa shape index (κ2) is 8.91. The Hall–Kier alpha value is -3.54. The summed E-state index contributed by atoms with van der Waals surface area (Å²) in [5, 5.41) is 5.94. The number of Topliss-reactive ketones (excluding diaryl/α,β-unsaturated/α-hetero) is 1. The standard InChI is InChI=1S/C30H24OP/c31-30(26-21-20-24-12-10-11-13-25(24)22-26)23-32(27-14-4-1-5-15-27,28-16-6-2-7-17-28)29-18-8-3-9-19-29/h1-22H,23H2/q+1. The topological polar surface area (TPSA) is 17.1 Å². The molecule has 0 aliphatic carbocycles. The van der Waals surface area contributed by atoms with Crippen LogP contribution in [0.4, 0.5) is 0 Å². The van der Waals surface area contributed by atoms with Gasteiger partial charge in [0.25, 0.3) is 0 Å². The maximum Gasteiger partial charge on any atom is 0.201 e. The average Bonchev–Trinajstić information content (AvgIpc) is 2.88. The molecule has 0 saturated heterocycles. The number of hydrogen-bond donors (Lipinski definition) is 0. The molecule has 0 aromatic heterocycles. The Balaban J connectivity index is 1.69. The van der Waals surface area contributed by atoms with Gasteiger partial charge in [0.05, 0.1) is 0 Å². The fourth-order valence-electron chi connectivity index (χ4n) is 4.44. The quantitative estimate of drug-likeness (QED) is 0.237. The first-order valence-corrected chi connectivity index (χ1v) is 12.8. The summed E-state index contributed by atoms with van der Waals surface area (Å²) in [7, 11) is -2.18. The average molecular weight is 431 g/mol. The molecule has 0 heterocycles. The summed E-state index contributed by atoms with van der Waals surface area (Å²) in [5.74, 6) is 0.181. The van der Waals surface area contributed by atoms with Crippen LogP contribution in [0.15, 0.2) is 133 Å². The summed E-state index contributed by atoms with van der Waals surface area (Å²) in [6.45, 7) is 0. The lowest BCUT2D eigenvalue weighted by Crippen LogP contribution is -2.35. The van der Waals surface area contributed by atoms with E-state index in [9.17, 15) is 4.79 Å². The van der Waals surface area contributed by atoms with Crippen molar-refractivity contribution in [3.8, 4) is 0 Å². The first kappa shape index (κ1) is 20.4. The van der Waals surface area contributed by atoms with Gasteiger partial charge in [0.2, 0.25) is 5.78 Å². The maximum atomic E-state index is 13.9. The summed E-state index contributed by atoms with van der Waals surface area (Å²) < 4.78 is 0. The van der Waals surface area contributed by atoms with E-state index in [1.165, 1.54) is 15.9 Å². The van der Waals surface area contributed by atoms with Crippen molar-refractivity contribution in [3.05, 3.63) is 139 Å². The molecule has 0 atom stereocenters. The Kier molecular flexibility index (Phi) is 5.67. The molecule has 0 unspecified atom stereocenters. The Morgan fingerprint density at radius 1 is 0.500 bits per heavy atom. The summed E-state index contributed by atoms with van der Waals surface area (Å²) in [5.41, 5.74) is 0.774. The van der Waals surface area contributed by atoms with E-state index in [0.29, 0.717) is 6.16 Å². The second-order valence-electron chi connectivity index (χ2n) is 7.96. The van der Waals surface area contributed by atoms with Crippen molar-refractivity contribution in [3.63, 3.8) is 0 Å². The van der Waals surface area contributed by atoms with Gasteiger partial charge in [0, 0.05) is 5.56 Å². The SMILES string of the molecule is O=C(C[P+](c1ccccc1)(c1ccccc1)c1ccccc1)c1ccc2ccccc2c1. The fourth-order valence-corrected chi connectivity index (χ4v) is 8.54. The first-order chi connectivity index (χ1) is 15.8. The highest BCUT2D eigenvalue weighted by molar-refractivity contribution is 7.96. The largest absolute Gasteiger partial charge is 0.290 e. The molecule has 0 radical (unpaired) electrons. The van der Waals surface area contributed by atoms with Crippen LogP contribution in [0.3, 0.4) is 0 Å². The molecule has 154 valence electrons. The van der Waals surface area contributed by atoms with E-state index >= 15 is 0 Å². The second-order valence-corrected chi connectivity index (χ2v) is 11.4. The number of benzene rings is 5. The van der Waals surface area contributed by atoms with Crippen LogP contribution in [-0.4, -0.2) is 11.9 Å². The minimum atomic E-state index is -2.18. The molecule has 32 heavy (non-hydrogen) atoms. The zero-order valence-electron chi connectivity index (χ0n) is 17.8. The van der Waals surface area contributed by atoms with E-state index < -0.39 is 7.26 Å². The van der Waals surface area contributed by atoms with Crippen LogP contribution in [0.25, 0.3) is 10.8 Å². The van der Waals surface area contributed by atoms with E-state index in [4.69, 9.17) is 0 Å². The van der Waals surface area contributed by atoms with Gasteiger partial charge in [0.15, 0.2) is 0 Å². The predicted molar refractivity (Wildman–Crippen MR) is 138 cm³/mol. The van der Waals surface area contributed by atoms with Gasteiger partial charge in [-0.3, -0.25) is 4.79 Å². The fraction of sp³-hybridized carbons (Fsp3) is 0.0333. The number of carbonyl (C=O) groups is 1. The van der Waals surface area contributed by atoms with Crippen LogP contribution in [-0.2, 0) is 0 Å². The molecule has 0 spiro atoms. The van der Waals surface area contributed by atoms with Gasteiger partial charge >= 0.3 is 0 Å². The Morgan fingerprint density at radius 3 is 1.44 bits per heavy atom. The molecule has 5 rings (SSSR count). The van der Waals surface area contributed by atoms with E-state index in [-0.39, 0.29) is 5.78 Å². The van der Waals surface area contributed by atoms with Crippen molar-refractivity contribution in [2.24, 2.45) is 0 Å². The molecule has 2 heteroatoms. The molecule has 0 amide bonds. The Morgan fingerprint density at radius 2 is 0.938 bits per heavy atom. The van der Waals surface area contributed by atoms with Gasteiger partial charge in [-0.15, -0.1) is 0 Å². The highest BCUT2D eigenvalue weighted by Gasteiger charge is 2.47. The van der Waals surface area contributed by atoms with Gasteiger partial charge < -0.3 is 0 Å². The summed E-state index contributed by atoms with van der Waals surface area (Å²) in [6, 6.07) is 46.0. The molecule has 1 nitrogen and oxygen atoms in total. The minimum Gasteiger partial charge on any atom is -0.290 e. The van der Waals surface area contributed by atoms with Crippen LogP contribution in [0.2, 0.25) is 0 Å². The van der Waals surface area contributed by atoms with Crippen molar-refractivity contribution < 1.29 is 4.79 Å². The smallest absolute Gasteiger partial charge is 0.201 e. The Bertz CT molecular complexity index is 1250. The lowest BCUT2D eigenvalue weighted by Gasteiger charge is -2.27. The van der Waals surface area contributed by atoms with E-state index in [1.54, 1.807) is 0 Å². The molecular weight excluding hydrogens is 407 g/mol. The summed E-state index contributed by atoms with van der Waals surface area (Å²) >= 11 is 0. The number of hydrogen-bond acceptors (Lipinski definition) is 1. The monoisotopic (exact) mass is 431 g/mol. The van der Waals surface area contributed by atoms with Crippen LogP contribution >= 0.6 is 7.26 Å². The molecule has 0 aliphatic heterocycles. The van der Waals surface area contributed by atoms with Crippen LogP contribution < -0.4 is 15.9 Å². The maximum absolute atomic E-state index is 13.9. The molecule has 0 aliphatic rings. The molecular formula is C30H24OP+. The molecule has 5 aromatic carbocycles. The third kappa shape index (κ3) is 3.77. The van der Waals surface area contributed by atoms with E-state index in [2.05, 4.69) is 91.0 Å². The highest BCUT2D eigenvalue weighted by Crippen LogP contribution is 2.55. The lowest BCUT2D eigenvalue weighted by atomic mass is 10.1. The van der Waals surface area contributed by atoms with Gasteiger partial charge in [-0.2, -0.15) is 0 Å². The number of carbonyl (C=O) groups excluding carboxylic acids is 1. The Labute approximate surface area is 189 Å². The first-order valence-electron chi connectivity index (χ1n) is 10.8. The van der Waals surface area contributed by atoms with Crippen molar-refractivity contribution in [1.82, 2.24) is 0 Å². The van der Waals surface area contributed by atoms with Crippen molar-refractivity contribution in [1.29, 1.82) is 0 Å². The number of ketones is 1. The van der Waals surface area contributed by atoms with Gasteiger partial charge in [-0.05, 0) is 53.2 Å². The molecule has 5 aromatic rings. The van der Waals surface area contributed by atoms with Gasteiger partial charge in [-0.1, -0.05) is 91.0 Å². The van der Waals surface area contributed by atoms with E-state index in [1.807, 2.05) is 42.5 Å².